The predicted octanol–water partition coefficient (Wildman–Crippen LogP) is 3.85. The second-order valence-corrected chi connectivity index (χ2v) is 6.16. The molecule has 0 fully saturated rings. The van der Waals surface area contributed by atoms with E-state index in [-0.39, 0.29) is 11.4 Å². The van der Waals surface area contributed by atoms with Gasteiger partial charge in [0.15, 0.2) is 0 Å². The van der Waals surface area contributed by atoms with E-state index >= 15 is 0 Å². The van der Waals surface area contributed by atoms with Crippen LogP contribution < -0.4 is 5.56 Å². The second kappa shape index (κ2) is 7.88. The van der Waals surface area contributed by atoms with E-state index in [4.69, 9.17) is 0 Å². The highest BCUT2D eigenvalue weighted by molar-refractivity contribution is 5.29. The Hall–Kier alpha value is -2.75. The zero-order valence-electron chi connectivity index (χ0n) is 14.3. The van der Waals surface area contributed by atoms with E-state index < -0.39 is 0 Å². The highest BCUT2D eigenvalue weighted by atomic mass is 19.1. The standard InChI is InChI=1S/C21H21FN2O/c1-2-18-14-23-20(24-21(18)25)12-9-15-3-5-16(6-4-15)13-17-7-10-19(22)11-8-17/h3-8,10-11,14H,2,9,12-13H2,1H3,(H,23,24,25). The van der Waals surface area contributed by atoms with Crippen LogP contribution in [0.15, 0.2) is 59.5 Å². The van der Waals surface area contributed by atoms with E-state index in [1.807, 2.05) is 19.1 Å². The van der Waals surface area contributed by atoms with E-state index in [0.29, 0.717) is 18.4 Å². The average molecular weight is 336 g/mol. The van der Waals surface area contributed by atoms with Gasteiger partial charge in [-0.2, -0.15) is 0 Å². The number of aromatic nitrogens is 2. The van der Waals surface area contributed by atoms with E-state index in [2.05, 4.69) is 34.2 Å². The lowest BCUT2D eigenvalue weighted by Crippen LogP contribution is -2.16. The van der Waals surface area contributed by atoms with Crippen LogP contribution in [0.5, 0.6) is 0 Å². The van der Waals surface area contributed by atoms with Crippen molar-refractivity contribution in [1.82, 2.24) is 9.97 Å². The number of halogens is 1. The molecule has 0 aliphatic rings. The summed E-state index contributed by atoms with van der Waals surface area (Å²) in [5.41, 5.74) is 4.15. The summed E-state index contributed by atoms with van der Waals surface area (Å²) in [7, 11) is 0. The number of aromatic amines is 1. The van der Waals surface area contributed by atoms with Crippen molar-refractivity contribution in [3.05, 3.63) is 99.0 Å². The van der Waals surface area contributed by atoms with Crippen molar-refractivity contribution in [3.63, 3.8) is 0 Å². The molecule has 0 radical (unpaired) electrons. The third kappa shape index (κ3) is 4.63. The summed E-state index contributed by atoms with van der Waals surface area (Å²) in [6.07, 6.45) is 4.67. The van der Waals surface area contributed by atoms with Gasteiger partial charge in [0.2, 0.25) is 0 Å². The van der Waals surface area contributed by atoms with Gasteiger partial charge in [0.1, 0.15) is 11.6 Å². The summed E-state index contributed by atoms with van der Waals surface area (Å²) >= 11 is 0. The largest absolute Gasteiger partial charge is 0.310 e. The molecule has 0 unspecified atom stereocenters. The van der Waals surface area contributed by atoms with Crippen molar-refractivity contribution in [2.45, 2.75) is 32.6 Å². The molecule has 25 heavy (non-hydrogen) atoms. The highest BCUT2D eigenvalue weighted by Crippen LogP contribution is 2.12. The molecule has 0 saturated carbocycles. The van der Waals surface area contributed by atoms with Crippen molar-refractivity contribution in [2.24, 2.45) is 0 Å². The summed E-state index contributed by atoms with van der Waals surface area (Å²) in [5, 5.41) is 0. The Balaban J connectivity index is 1.60. The molecule has 1 N–H and O–H groups in total. The van der Waals surface area contributed by atoms with Gasteiger partial charge >= 0.3 is 0 Å². The molecule has 4 heteroatoms. The fourth-order valence-corrected chi connectivity index (χ4v) is 2.76. The smallest absolute Gasteiger partial charge is 0.254 e. The van der Waals surface area contributed by atoms with Gasteiger partial charge in [-0.15, -0.1) is 0 Å². The SMILES string of the molecule is CCc1cnc(CCc2ccc(Cc3ccc(F)cc3)cc2)[nH]c1=O. The molecule has 3 rings (SSSR count). The maximum absolute atomic E-state index is 12.9. The van der Waals surface area contributed by atoms with Gasteiger partial charge in [-0.05, 0) is 48.1 Å². The number of aryl methyl sites for hydroxylation is 3. The van der Waals surface area contributed by atoms with E-state index in [1.54, 1.807) is 6.20 Å². The zero-order chi connectivity index (χ0) is 17.6. The fraction of sp³-hybridized carbons (Fsp3) is 0.238. The third-order valence-corrected chi connectivity index (χ3v) is 4.30. The molecule has 1 heterocycles. The Morgan fingerprint density at radius 1 is 0.920 bits per heavy atom. The molecule has 1 aromatic heterocycles. The van der Waals surface area contributed by atoms with Crippen LogP contribution in [0.4, 0.5) is 4.39 Å². The lowest BCUT2D eigenvalue weighted by Gasteiger charge is -2.05. The van der Waals surface area contributed by atoms with Gasteiger partial charge in [0, 0.05) is 18.2 Å². The van der Waals surface area contributed by atoms with Crippen LogP contribution in [-0.4, -0.2) is 9.97 Å². The monoisotopic (exact) mass is 336 g/mol. The Kier molecular flexibility index (Phi) is 5.39. The van der Waals surface area contributed by atoms with E-state index in [9.17, 15) is 9.18 Å². The zero-order valence-corrected chi connectivity index (χ0v) is 14.3. The lowest BCUT2D eigenvalue weighted by atomic mass is 10.0. The Labute approximate surface area is 146 Å². The van der Waals surface area contributed by atoms with Crippen molar-refractivity contribution in [1.29, 1.82) is 0 Å². The van der Waals surface area contributed by atoms with Crippen LogP contribution in [0.25, 0.3) is 0 Å². The first-order valence-corrected chi connectivity index (χ1v) is 8.53. The topological polar surface area (TPSA) is 45.8 Å². The van der Waals surface area contributed by atoms with Crippen molar-refractivity contribution < 1.29 is 4.39 Å². The molecule has 128 valence electrons. The molecule has 0 amide bonds. The first-order valence-electron chi connectivity index (χ1n) is 8.53. The van der Waals surface area contributed by atoms with Gasteiger partial charge in [0.25, 0.3) is 5.56 Å². The van der Waals surface area contributed by atoms with Crippen molar-refractivity contribution in [3.8, 4) is 0 Å². The van der Waals surface area contributed by atoms with Crippen LogP contribution >= 0.6 is 0 Å². The first kappa shape index (κ1) is 17.1. The molecular weight excluding hydrogens is 315 g/mol. The summed E-state index contributed by atoms with van der Waals surface area (Å²) < 4.78 is 12.9. The summed E-state index contributed by atoms with van der Waals surface area (Å²) in [6.45, 7) is 1.94. The number of rotatable bonds is 6. The van der Waals surface area contributed by atoms with Crippen molar-refractivity contribution >= 4 is 0 Å². The minimum Gasteiger partial charge on any atom is -0.310 e. The Bertz CT molecular complexity index is 883. The van der Waals surface area contributed by atoms with Gasteiger partial charge in [0.05, 0.1) is 0 Å². The number of benzene rings is 2. The van der Waals surface area contributed by atoms with E-state index in [1.165, 1.54) is 23.3 Å². The van der Waals surface area contributed by atoms with Crippen LogP contribution in [0, 0.1) is 5.82 Å². The molecule has 0 spiro atoms. The molecule has 0 saturated heterocycles. The number of hydrogen-bond acceptors (Lipinski definition) is 2. The number of nitrogens with one attached hydrogen (secondary N) is 1. The van der Waals surface area contributed by atoms with Crippen LogP contribution in [0.1, 0.15) is 35.0 Å². The van der Waals surface area contributed by atoms with Gasteiger partial charge in [-0.1, -0.05) is 43.3 Å². The van der Waals surface area contributed by atoms with Crippen LogP contribution in [-0.2, 0) is 25.7 Å². The molecular formula is C21H21FN2O. The van der Waals surface area contributed by atoms with Crippen LogP contribution in [0.2, 0.25) is 0 Å². The molecule has 3 nitrogen and oxygen atoms in total. The first-order chi connectivity index (χ1) is 12.1. The molecule has 0 bridgehead atoms. The highest BCUT2D eigenvalue weighted by Gasteiger charge is 2.03. The fourth-order valence-electron chi connectivity index (χ4n) is 2.76. The lowest BCUT2D eigenvalue weighted by molar-refractivity contribution is 0.627. The average Bonchev–Trinajstić information content (AvgIpc) is 2.63. The quantitative estimate of drug-likeness (QED) is 0.743. The number of H-pyrrole nitrogens is 1. The minimum absolute atomic E-state index is 0.0397. The van der Waals surface area contributed by atoms with Crippen LogP contribution in [0.3, 0.4) is 0 Å². The molecule has 0 aliphatic heterocycles. The normalized spacial score (nSPS) is 10.8. The third-order valence-electron chi connectivity index (χ3n) is 4.30. The molecule has 0 aliphatic carbocycles. The Morgan fingerprint density at radius 2 is 1.52 bits per heavy atom. The van der Waals surface area contributed by atoms with Gasteiger partial charge < -0.3 is 4.98 Å². The van der Waals surface area contributed by atoms with Crippen molar-refractivity contribution in [2.75, 3.05) is 0 Å². The molecule has 0 atom stereocenters. The maximum Gasteiger partial charge on any atom is 0.254 e. The predicted molar refractivity (Wildman–Crippen MR) is 97.3 cm³/mol. The summed E-state index contributed by atoms with van der Waals surface area (Å²) in [4.78, 5) is 19.0. The molecule has 2 aromatic carbocycles. The van der Waals surface area contributed by atoms with E-state index in [0.717, 1.165) is 24.2 Å². The Morgan fingerprint density at radius 3 is 2.12 bits per heavy atom. The van der Waals surface area contributed by atoms with Gasteiger partial charge in [-0.3, -0.25) is 4.79 Å². The maximum atomic E-state index is 12.9. The van der Waals surface area contributed by atoms with Gasteiger partial charge in [-0.25, -0.2) is 9.37 Å². The number of nitrogens with zero attached hydrogens (tertiary/aromatic N) is 1. The molecule has 3 aromatic rings. The second-order valence-electron chi connectivity index (χ2n) is 6.16. The summed E-state index contributed by atoms with van der Waals surface area (Å²) in [5.74, 6) is 0.510. The number of hydrogen-bond donors (Lipinski definition) is 1. The minimum atomic E-state index is -0.210. The summed E-state index contributed by atoms with van der Waals surface area (Å²) in [6, 6.07) is 15.0.